The summed E-state index contributed by atoms with van der Waals surface area (Å²) in [6, 6.07) is 6.33. The van der Waals surface area contributed by atoms with E-state index in [9.17, 15) is 0 Å². The molecule has 2 rings (SSSR count). The summed E-state index contributed by atoms with van der Waals surface area (Å²) in [4.78, 5) is 0. The topological polar surface area (TPSA) is 21.3 Å². The van der Waals surface area contributed by atoms with Gasteiger partial charge < -0.3 is 10.1 Å². The molecule has 1 N–H and O–H groups in total. The molecule has 0 bridgehead atoms. The van der Waals surface area contributed by atoms with Crippen molar-refractivity contribution in [2.24, 2.45) is 5.92 Å². The van der Waals surface area contributed by atoms with Crippen molar-refractivity contribution in [2.45, 2.75) is 58.1 Å². The zero-order valence-corrected chi connectivity index (χ0v) is 13.5. The zero-order chi connectivity index (χ0) is 14.5. The first-order valence-electron chi connectivity index (χ1n) is 7.74. The summed E-state index contributed by atoms with van der Waals surface area (Å²) in [5.74, 6) is 1.73. The normalized spacial score (nSPS) is 26.5. The van der Waals surface area contributed by atoms with Gasteiger partial charge in [0.1, 0.15) is 11.9 Å². The van der Waals surface area contributed by atoms with Crippen molar-refractivity contribution in [1.29, 1.82) is 0 Å². The number of hydrogen-bond acceptors (Lipinski definition) is 2. The van der Waals surface area contributed by atoms with Gasteiger partial charge in [-0.1, -0.05) is 37.4 Å². The number of halogens is 1. The van der Waals surface area contributed by atoms with Crippen LogP contribution in [0, 0.1) is 12.8 Å². The van der Waals surface area contributed by atoms with Crippen LogP contribution in [0.4, 0.5) is 0 Å². The van der Waals surface area contributed by atoms with E-state index in [1.807, 2.05) is 25.2 Å². The molecule has 0 heterocycles. The fourth-order valence-corrected chi connectivity index (χ4v) is 3.37. The highest BCUT2D eigenvalue weighted by Crippen LogP contribution is 2.32. The van der Waals surface area contributed by atoms with E-state index in [4.69, 9.17) is 16.3 Å². The molecule has 0 spiro atoms. The Morgan fingerprint density at radius 3 is 2.85 bits per heavy atom. The summed E-state index contributed by atoms with van der Waals surface area (Å²) < 4.78 is 6.30. The molecule has 0 aromatic heterocycles. The zero-order valence-electron chi connectivity index (χ0n) is 12.8. The second-order valence-electron chi connectivity index (χ2n) is 5.93. The average Bonchev–Trinajstić information content (AvgIpc) is 2.44. The van der Waals surface area contributed by atoms with Crippen molar-refractivity contribution < 1.29 is 4.74 Å². The molecule has 112 valence electrons. The Bertz CT molecular complexity index is 435. The lowest BCUT2D eigenvalue weighted by molar-refractivity contribution is 0.0860. The van der Waals surface area contributed by atoms with Crippen LogP contribution in [0.3, 0.4) is 0 Å². The molecule has 0 radical (unpaired) electrons. The van der Waals surface area contributed by atoms with Gasteiger partial charge in [-0.15, -0.1) is 0 Å². The second kappa shape index (κ2) is 7.33. The molecular formula is C17H26ClNO. The molecule has 0 aliphatic heterocycles. The maximum Gasteiger partial charge on any atom is 0.124 e. The third-order valence-corrected chi connectivity index (χ3v) is 4.63. The lowest BCUT2D eigenvalue weighted by Crippen LogP contribution is -2.45. The maximum absolute atomic E-state index is 6.30. The third kappa shape index (κ3) is 3.89. The standard InChI is InChI=1S/C17H26ClNO/c1-4-5-13-7-9-15(19-3)17(10-13)20-16-11-14(18)8-6-12(16)2/h6,8,11,13,15,17,19H,4-5,7,9-10H2,1-3H3. The van der Waals surface area contributed by atoms with E-state index in [0.717, 1.165) is 28.7 Å². The van der Waals surface area contributed by atoms with Gasteiger partial charge in [0.05, 0.1) is 0 Å². The Balaban J connectivity index is 2.09. The summed E-state index contributed by atoms with van der Waals surface area (Å²) in [7, 11) is 2.03. The predicted octanol–water partition coefficient (Wildman–Crippen LogP) is 4.58. The fourth-order valence-electron chi connectivity index (χ4n) is 3.21. The summed E-state index contributed by atoms with van der Waals surface area (Å²) in [5.41, 5.74) is 1.15. The first kappa shape index (κ1) is 15.7. The Labute approximate surface area is 127 Å². The highest BCUT2D eigenvalue weighted by molar-refractivity contribution is 6.30. The predicted molar refractivity (Wildman–Crippen MR) is 85.7 cm³/mol. The van der Waals surface area contributed by atoms with Crippen LogP contribution >= 0.6 is 11.6 Å². The smallest absolute Gasteiger partial charge is 0.124 e. The molecule has 0 amide bonds. The van der Waals surface area contributed by atoms with Crippen molar-refractivity contribution in [1.82, 2.24) is 5.32 Å². The van der Waals surface area contributed by atoms with Gasteiger partial charge in [-0.2, -0.15) is 0 Å². The fraction of sp³-hybridized carbons (Fsp3) is 0.647. The van der Waals surface area contributed by atoms with Crippen LogP contribution in [-0.2, 0) is 0 Å². The first-order chi connectivity index (χ1) is 9.63. The van der Waals surface area contributed by atoms with Crippen molar-refractivity contribution in [3.05, 3.63) is 28.8 Å². The lowest BCUT2D eigenvalue weighted by atomic mass is 9.81. The van der Waals surface area contributed by atoms with E-state index in [1.54, 1.807) is 0 Å². The van der Waals surface area contributed by atoms with Crippen LogP contribution in [0.25, 0.3) is 0 Å². The Hall–Kier alpha value is -0.730. The van der Waals surface area contributed by atoms with Crippen molar-refractivity contribution in [2.75, 3.05) is 7.05 Å². The van der Waals surface area contributed by atoms with Gasteiger partial charge >= 0.3 is 0 Å². The van der Waals surface area contributed by atoms with Crippen LogP contribution < -0.4 is 10.1 Å². The quantitative estimate of drug-likeness (QED) is 0.858. The molecule has 1 saturated carbocycles. The maximum atomic E-state index is 6.30. The minimum absolute atomic E-state index is 0.252. The third-order valence-electron chi connectivity index (χ3n) is 4.40. The van der Waals surface area contributed by atoms with E-state index >= 15 is 0 Å². The number of hydrogen-bond donors (Lipinski definition) is 1. The summed E-state index contributed by atoms with van der Waals surface area (Å²) >= 11 is 6.09. The molecule has 1 fully saturated rings. The van der Waals surface area contributed by atoms with Crippen LogP contribution in [0.2, 0.25) is 5.02 Å². The minimum Gasteiger partial charge on any atom is -0.488 e. The van der Waals surface area contributed by atoms with Crippen molar-refractivity contribution in [3.63, 3.8) is 0 Å². The number of nitrogens with one attached hydrogen (secondary N) is 1. The van der Waals surface area contributed by atoms with Crippen molar-refractivity contribution >= 4 is 11.6 Å². The molecule has 1 aliphatic carbocycles. The number of benzene rings is 1. The Morgan fingerprint density at radius 1 is 1.35 bits per heavy atom. The van der Waals surface area contributed by atoms with Gasteiger partial charge in [0.2, 0.25) is 0 Å². The lowest BCUT2D eigenvalue weighted by Gasteiger charge is -2.36. The van der Waals surface area contributed by atoms with Gasteiger partial charge in [-0.05, 0) is 56.8 Å². The average molecular weight is 296 g/mol. The molecule has 1 aromatic carbocycles. The molecule has 20 heavy (non-hydrogen) atoms. The van der Waals surface area contributed by atoms with E-state index < -0.39 is 0 Å². The van der Waals surface area contributed by atoms with Crippen LogP contribution in [0.15, 0.2) is 18.2 Å². The SMILES string of the molecule is CCCC1CCC(NC)C(Oc2cc(Cl)ccc2C)C1. The van der Waals surface area contributed by atoms with Gasteiger partial charge in [0, 0.05) is 11.1 Å². The largest absolute Gasteiger partial charge is 0.488 e. The van der Waals surface area contributed by atoms with Gasteiger partial charge in [-0.3, -0.25) is 0 Å². The Kier molecular flexibility index (Phi) is 5.74. The summed E-state index contributed by atoms with van der Waals surface area (Å²) in [6.07, 6.45) is 6.48. The van der Waals surface area contributed by atoms with Gasteiger partial charge in [0.15, 0.2) is 0 Å². The van der Waals surface area contributed by atoms with Gasteiger partial charge in [0.25, 0.3) is 0 Å². The Morgan fingerprint density at radius 2 is 2.15 bits per heavy atom. The second-order valence-corrected chi connectivity index (χ2v) is 6.37. The number of rotatable bonds is 5. The molecule has 1 aromatic rings. The van der Waals surface area contributed by atoms with Crippen LogP contribution in [-0.4, -0.2) is 19.2 Å². The molecule has 3 atom stereocenters. The highest BCUT2D eigenvalue weighted by Gasteiger charge is 2.31. The molecular weight excluding hydrogens is 270 g/mol. The van der Waals surface area contributed by atoms with Crippen LogP contribution in [0.1, 0.15) is 44.6 Å². The molecule has 2 nitrogen and oxygen atoms in total. The first-order valence-corrected chi connectivity index (χ1v) is 8.12. The van der Waals surface area contributed by atoms with E-state index in [0.29, 0.717) is 6.04 Å². The van der Waals surface area contributed by atoms with Crippen LogP contribution in [0.5, 0.6) is 5.75 Å². The van der Waals surface area contributed by atoms with E-state index in [-0.39, 0.29) is 6.10 Å². The number of likely N-dealkylation sites (N-methyl/N-ethyl adjacent to an activating group) is 1. The molecule has 1 aliphatic rings. The number of aryl methyl sites for hydroxylation is 1. The highest BCUT2D eigenvalue weighted by atomic mass is 35.5. The summed E-state index contributed by atoms with van der Waals surface area (Å²) in [5, 5.41) is 4.16. The number of ether oxygens (including phenoxy) is 1. The summed E-state index contributed by atoms with van der Waals surface area (Å²) in [6.45, 7) is 4.34. The van der Waals surface area contributed by atoms with E-state index in [1.165, 1.54) is 25.7 Å². The van der Waals surface area contributed by atoms with Crippen molar-refractivity contribution in [3.8, 4) is 5.75 Å². The van der Waals surface area contributed by atoms with Gasteiger partial charge in [-0.25, -0.2) is 0 Å². The molecule has 0 saturated heterocycles. The van der Waals surface area contributed by atoms with E-state index in [2.05, 4.69) is 19.2 Å². The minimum atomic E-state index is 0.252. The molecule has 3 heteroatoms. The monoisotopic (exact) mass is 295 g/mol. The molecule has 3 unspecified atom stereocenters.